The van der Waals surface area contributed by atoms with E-state index >= 15 is 0 Å². The Morgan fingerprint density at radius 3 is 2.20 bits per heavy atom. The van der Waals surface area contributed by atoms with Gasteiger partial charge < -0.3 is 9.84 Å². The zero-order valence-corrected chi connectivity index (χ0v) is 10.5. The van der Waals surface area contributed by atoms with Gasteiger partial charge in [-0.05, 0) is 18.3 Å². The van der Waals surface area contributed by atoms with E-state index in [0.717, 1.165) is 12.8 Å². The third-order valence-electron chi connectivity index (χ3n) is 2.89. The summed E-state index contributed by atoms with van der Waals surface area (Å²) in [5.41, 5.74) is 0. The highest BCUT2D eigenvalue weighted by molar-refractivity contribution is 5.73. The molecule has 0 aliphatic heterocycles. The van der Waals surface area contributed by atoms with Crippen LogP contribution in [-0.4, -0.2) is 24.3 Å². The molecule has 3 nitrogen and oxygen atoms in total. The topological polar surface area (TPSA) is 46.5 Å². The molecule has 0 aliphatic carbocycles. The smallest absolute Gasteiger partial charge is 0.311 e. The largest absolute Gasteiger partial charge is 0.469 e. The first-order valence-corrected chi connectivity index (χ1v) is 5.71. The summed E-state index contributed by atoms with van der Waals surface area (Å²) in [6.45, 7) is 7.92. The molecule has 0 bridgehead atoms. The van der Waals surface area contributed by atoms with Crippen molar-refractivity contribution in [2.24, 2.45) is 17.8 Å². The second kappa shape index (κ2) is 6.83. The van der Waals surface area contributed by atoms with Crippen molar-refractivity contribution in [2.75, 3.05) is 7.11 Å². The molecule has 0 rings (SSSR count). The lowest BCUT2D eigenvalue weighted by molar-refractivity contribution is -0.153. The lowest BCUT2D eigenvalue weighted by Crippen LogP contribution is -2.37. The fourth-order valence-corrected chi connectivity index (χ4v) is 1.92. The van der Waals surface area contributed by atoms with Crippen molar-refractivity contribution in [3.05, 3.63) is 0 Å². The Morgan fingerprint density at radius 1 is 1.33 bits per heavy atom. The fourth-order valence-electron chi connectivity index (χ4n) is 1.92. The molecule has 3 heteroatoms. The van der Waals surface area contributed by atoms with Crippen molar-refractivity contribution >= 4 is 5.97 Å². The maximum atomic E-state index is 11.5. The standard InChI is InChI=1S/C12H24O3/c1-6-7-9(4)11(13)10(8(2)3)12(14)15-5/h8-11,13H,6-7H2,1-5H3. The van der Waals surface area contributed by atoms with Crippen LogP contribution in [-0.2, 0) is 9.53 Å². The summed E-state index contributed by atoms with van der Waals surface area (Å²) >= 11 is 0. The van der Waals surface area contributed by atoms with Crippen LogP contribution in [0.15, 0.2) is 0 Å². The molecule has 0 aliphatic rings. The Labute approximate surface area is 92.8 Å². The van der Waals surface area contributed by atoms with Gasteiger partial charge in [0, 0.05) is 0 Å². The van der Waals surface area contributed by atoms with E-state index in [0.29, 0.717) is 0 Å². The zero-order valence-electron chi connectivity index (χ0n) is 10.5. The van der Waals surface area contributed by atoms with Crippen LogP contribution in [0.2, 0.25) is 0 Å². The molecular weight excluding hydrogens is 192 g/mol. The van der Waals surface area contributed by atoms with E-state index in [9.17, 15) is 9.90 Å². The molecule has 0 amide bonds. The minimum absolute atomic E-state index is 0.103. The summed E-state index contributed by atoms with van der Waals surface area (Å²) in [5, 5.41) is 10.1. The predicted octanol–water partition coefficient (Wildman–Crippen LogP) is 2.23. The summed E-state index contributed by atoms with van der Waals surface area (Å²) < 4.78 is 4.72. The van der Waals surface area contributed by atoms with E-state index in [1.807, 2.05) is 20.8 Å². The monoisotopic (exact) mass is 216 g/mol. The maximum absolute atomic E-state index is 11.5. The van der Waals surface area contributed by atoms with Crippen LogP contribution < -0.4 is 0 Å². The van der Waals surface area contributed by atoms with Crippen LogP contribution in [0.5, 0.6) is 0 Å². The van der Waals surface area contributed by atoms with Gasteiger partial charge in [0.05, 0.1) is 19.1 Å². The van der Waals surface area contributed by atoms with Gasteiger partial charge in [0.1, 0.15) is 0 Å². The zero-order chi connectivity index (χ0) is 12.0. The SMILES string of the molecule is CCCC(C)C(O)C(C(=O)OC)C(C)C. The lowest BCUT2D eigenvalue weighted by atomic mass is 9.82. The molecule has 0 spiro atoms. The van der Waals surface area contributed by atoms with Crippen LogP contribution in [0, 0.1) is 17.8 Å². The van der Waals surface area contributed by atoms with Crippen molar-refractivity contribution in [1.29, 1.82) is 0 Å². The van der Waals surface area contributed by atoms with Gasteiger partial charge in [0.2, 0.25) is 0 Å². The molecule has 1 N–H and O–H groups in total. The molecule has 15 heavy (non-hydrogen) atoms. The van der Waals surface area contributed by atoms with E-state index in [1.54, 1.807) is 0 Å². The third-order valence-corrected chi connectivity index (χ3v) is 2.89. The Hall–Kier alpha value is -0.570. The Kier molecular flexibility index (Phi) is 6.57. The van der Waals surface area contributed by atoms with Gasteiger partial charge in [0.15, 0.2) is 0 Å². The minimum atomic E-state index is -0.600. The normalized spacial score (nSPS) is 17.3. The number of carbonyl (C=O) groups excluding carboxylic acids is 1. The quantitative estimate of drug-likeness (QED) is 0.692. The van der Waals surface area contributed by atoms with Gasteiger partial charge in [-0.1, -0.05) is 34.1 Å². The number of hydrogen-bond donors (Lipinski definition) is 1. The van der Waals surface area contributed by atoms with Gasteiger partial charge in [0.25, 0.3) is 0 Å². The number of aliphatic hydroxyl groups is 1. The number of esters is 1. The number of hydrogen-bond acceptors (Lipinski definition) is 3. The van der Waals surface area contributed by atoms with Crippen molar-refractivity contribution < 1.29 is 14.6 Å². The van der Waals surface area contributed by atoms with E-state index in [2.05, 4.69) is 6.92 Å². The Bertz CT molecular complexity index is 189. The first kappa shape index (κ1) is 14.4. The third kappa shape index (κ3) is 4.20. The van der Waals surface area contributed by atoms with E-state index in [-0.39, 0.29) is 17.8 Å². The van der Waals surface area contributed by atoms with Gasteiger partial charge >= 0.3 is 5.97 Å². The molecule has 3 unspecified atom stereocenters. The van der Waals surface area contributed by atoms with Crippen molar-refractivity contribution in [2.45, 2.75) is 46.6 Å². The van der Waals surface area contributed by atoms with Crippen LogP contribution in [0.1, 0.15) is 40.5 Å². The first-order valence-electron chi connectivity index (χ1n) is 5.71. The average Bonchev–Trinajstić information content (AvgIpc) is 2.17. The van der Waals surface area contributed by atoms with Gasteiger partial charge in [-0.25, -0.2) is 0 Å². The summed E-state index contributed by atoms with van der Waals surface area (Å²) in [7, 11) is 1.37. The predicted molar refractivity (Wildman–Crippen MR) is 60.4 cm³/mol. The molecular formula is C12H24O3. The van der Waals surface area contributed by atoms with E-state index in [4.69, 9.17) is 4.74 Å². The molecule has 0 heterocycles. The number of ether oxygens (including phenoxy) is 1. The lowest BCUT2D eigenvalue weighted by Gasteiger charge is -2.28. The van der Waals surface area contributed by atoms with Gasteiger partial charge in [-0.15, -0.1) is 0 Å². The summed E-state index contributed by atoms with van der Waals surface area (Å²) in [6, 6.07) is 0. The Balaban J connectivity index is 4.54. The summed E-state index contributed by atoms with van der Waals surface area (Å²) in [6.07, 6.45) is 1.35. The highest BCUT2D eigenvalue weighted by atomic mass is 16.5. The van der Waals surface area contributed by atoms with Crippen LogP contribution in [0.25, 0.3) is 0 Å². The maximum Gasteiger partial charge on any atom is 0.311 e. The highest BCUT2D eigenvalue weighted by Crippen LogP contribution is 2.24. The number of methoxy groups -OCH3 is 1. The van der Waals surface area contributed by atoms with Crippen molar-refractivity contribution in [3.63, 3.8) is 0 Å². The molecule has 0 fully saturated rings. The molecule has 0 saturated heterocycles. The van der Waals surface area contributed by atoms with Gasteiger partial charge in [-0.2, -0.15) is 0 Å². The number of aliphatic hydroxyl groups excluding tert-OH is 1. The number of carbonyl (C=O) groups is 1. The van der Waals surface area contributed by atoms with Crippen LogP contribution in [0.4, 0.5) is 0 Å². The van der Waals surface area contributed by atoms with E-state index < -0.39 is 12.0 Å². The van der Waals surface area contributed by atoms with Crippen LogP contribution in [0.3, 0.4) is 0 Å². The Morgan fingerprint density at radius 2 is 1.87 bits per heavy atom. The second-order valence-corrected chi connectivity index (χ2v) is 4.55. The molecule has 0 aromatic carbocycles. The van der Waals surface area contributed by atoms with E-state index in [1.165, 1.54) is 7.11 Å². The fraction of sp³-hybridized carbons (Fsp3) is 0.917. The first-order chi connectivity index (χ1) is 6.95. The number of rotatable bonds is 6. The minimum Gasteiger partial charge on any atom is -0.469 e. The van der Waals surface area contributed by atoms with Crippen molar-refractivity contribution in [3.8, 4) is 0 Å². The molecule has 3 atom stereocenters. The molecule has 0 aromatic rings. The summed E-state index contributed by atoms with van der Waals surface area (Å²) in [5.74, 6) is -0.467. The molecule has 0 radical (unpaired) electrons. The molecule has 90 valence electrons. The van der Waals surface area contributed by atoms with Crippen molar-refractivity contribution in [1.82, 2.24) is 0 Å². The summed E-state index contributed by atoms with van der Waals surface area (Å²) in [4.78, 5) is 11.5. The molecule has 0 saturated carbocycles. The van der Waals surface area contributed by atoms with Crippen LogP contribution >= 0.6 is 0 Å². The molecule has 0 aromatic heterocycles. The highest BCUT2D eigenvalue weighted by Gasteiger charge is 2.33. The average molecular weight is 216 g/mol. The van der Waals surface area contributed by atoms with Gasteiger partial charge in [-0.3, -0.25) is 4.79 Å². The second-order valence-electron chi connectivity index (χ2n) is 4.55.